The molecule has 0 aliphatic rings. The smallest absolute Gasteiger partial charge is 0.273 e. The van der Waals surface area contributed by atoms with Crippen molar-refractivity contribution in [3.8, 4) is 22.7 Å². The van der Waals surface area contributed by atoms with Crippen molar-refractivity contribution >= 4 is 24.4 Å². The first-order chi connectivity index (χ1) is 13.6. The second-order valence-electron chi connectivity index (χ2n) is 6.42. The van der Waals surface area contributed by atoms with Gasteiger partial charge in [-0.2, -0.15) is 0 Å². The summed E-state index contributed by atoms with van der Waals surface area (Å²) < 4.78 is 1.52. The van der Waals surface area contributed by atoms with Gasteiger partial charge in [0.1, 0.15) is 10.6 Å². The Morgan fingerprint density at radius 2 is 1.61 bits per heavy atom. The Balaban J connectivity index is 2.18. The fraction of sp³-hybridized carbons (Fsp3) is 0.227. The molecular formula is C22H25N2O2S2+. The molecule has 0 aliphatic heterocycles. The van der Waals surface area contributed by atoms with Gasteiger partial charge in [-0.05, 0) is 43.3 Å². The molecule has 0 spiro atoms. The van der Waals surface area contributed by atoms with Gasteiger partial charge in [-0.15, -0.1) is 12.6 Å². The molecule has 0 saturated carbocycles. The van der Waals surface area contributed by atoms with Crippen molar-refractivity contribution in [2.75, 3.05) is 13.1 Å². The number of hydrogen-bond donors (Lipinski definition) is 3. The molecule has 3 aromatic rings. The van der Waals surface area contributed by atoms with Gasteiger partial charge in [-0.25, -0.2) is 0 Å². The second-order valence-corrected chi connectivity index (χ2v) is 8.40. The summed E-state index contributed by atoms with van der Waals surface area (Å²) in [5.74, 6) is -0.00774. The Morgan fingerprint density at radius 3 is 2.18 bits per heavy atom. The number of rotatable bonds is 7. The molecular weight excluding hydrogens is 388 g/mol. The fourth-order valence-corrected chi connectivity index (χ4v) is 4.92. The quantitative estimate of drug-likeness (QED) is 0.316. The molecule has 0 bridgehead atoms. The summed E-state index contributed by atoms with van der Waals surface area (Å²) in [5, 5.41) is 10.7. The normalized spacial score (nSPS) is 12.3. The second kappa shape index (κ2) is 9.37. The van der Waals surface area contributed by atoms with E-state index in [1.807, 2.05) is 60.7 Å². The minimum Gasteiger partial charge on any atom is -0.506 e. The van der Waals surface area contributed by atoms with Crippen LogP contribution in [0.3, 0.4) is 0 Å². The lowest BCUT2D eigenvalue weighted by molar-refractivity contribution is -0.892. The van der Waals surface area contributed by atoms with Crippen LogP contribution in [0.15, 0.2) is 76.4 Å². The number of hydrogen-bond acceptors (Lipinski definition) is 4. The summed E-state index contributed by atoms with van der Waals surface area (Å²) in [4.78, 5) is 15.0. The molecule has 2 aromatic carbocycles. The van der Waals surface area contributed by atoms with E-state index in [1.165, 1.54) is 16.7 Å². The van der Waals surface area contributed by atoms with Crippen LogP contribution in [0.1, 0.15) is 13.8 Å². The number of aromatic nitrogens is 1. The first-order valence-electron chi connectivity index (χ1n) is 9.36. The molecule has 0 amide bonds. The van der Waals surface area contributed by atoms with E-state index in [0.717, 1.165) is 24.3 Å². The summed E-state index contributed by atoms with van der Waals surface area (Å²) in [6.45, 7) is 5.97. The van der Waals surface area contributed by atoms with Crippen LogP contribution in [-0.4, -0.2) is 27.5 Å². The van der Waals surface area contributed by atoms with E-state index in [4.69, 9.17) is 0 Å². The van der Waals surface area contributed by atoms with E-state index in [-0.39, 0.29) is 16.0 Å². The Labute approximate surface area is 175 Å². The summed E-state index contributed by atoms with van der Waals surface area (Å²) >= 11 is 5.99. The number of nitrogens with zero attached hydrogens (tertiary/aromatic N) is 1. The third-order valence-electron chi connectivity index (χ3n) is 4.72. The van der Waals surface area contributed by atoms with Crippen molar-refractivity contribution in [1.29, 1.82) is 0 Å². The average molecular weight is 414 g/mol. The van der Waals surface area contributed by atoms with Crippen molar-refractivity contribution in [3.05, 3.63) is 77.1 Å². The SMILES string of the molecule is CC[NH+](CC)[C@H](S)Sc1c(O)cc(-c2ccccc2)n(-c2ccccc2)c1=O. The van der Waals surface area contributed by atoms with Gasteiger partial charge in [-0.1, -0.05) is 48.5 Å². The molecule has 3 rings (SSSR count). The number of thiol groups is 1. The van der Waals surface area contributed by atoms with Gasteiger partial charge in [-0.3, -0.25) is 9.36 Å². The monoisotopic (exact) mass is 413 g/mol. The van der Waals surface area contributed by atoms with Gasteiger partial charge in [0.25, 0.3) is 5.56 Å². The van der Waals surface area contributed by atoms with Crippen molar-refractivity contribution in [3.63, 3.8) is 0 Å². The van der Waals surface area contributed by atoms with Crippen LogP contribution in [0.25, 0.3) is 16.9 Å². The molecule has 28 heavy (non-hydrogen) atoms. The van der Waals surface area contributed by atoms with Crippen molar-refractivity contribution < 1.29 is 10.0 Å². The predicted octanol–water partition coefficient (Wildman–Crippen LogP) is 3.44. The van der Waals surface area contributed by atoms with Gasteiger partial charge in [0.15, 0.2) is 4.71 Å². The van der Waals surface area contributed by atoms with Crippen LogP contribution in [0, 0.1) is 0 Å². The average Bonchev–Trinajstić information content (AvgIpc) is 2.73. The van der Waals surface area contributed by atoms with Crippen LogP contribution < -0.4 is 10.5 Å². The zero-order valence-electron chi connectivity index (χ0n) is 16.0. The summed E-state index contributed by atoms with van der Waals surface area (Å²) in [6.07, 6.45) is 0. The van der Waals surface area contributed by atoms with Crippen LogP contribution in [-0.2, 0) is 0 Å². The van der Waals surface area contributed by atoms with Gasteiger partial charge in [0.05, 0.1) is 18.8 Å². The van der Waals surface area contributed by atoms with Crippen LogP contribution in [0.2, 0.25) is 0 Å². The highest BCUT2D eigenvalue weighted by atomic mass is 32.2. The Kier molecular flexibility index (Phi) is 6.88. The van der Waals surface area contributed by atoms with Crippen molar-refractivity contribution in [2.24, 2.45) is 0 Å². The van der Waals surface area contributed by atoms with E-state index >= 15 is 0 Å². The maximum Gasteiger partial charge on any atom is 0.273 e. The van der Waals surface area contributed by atoms with Crippen molar-refractivity contribution in [2.45, 2.75) is 23.4 Å². The Bertz CT molecular complexity index is 971. The van der Waals surface area contributed by atoms with Crippen LogP contribution >= 0.6 is 24.4 Å². The molecule has 0 fully saturated rings. The first-order valence-corrected chi connectivity index (χ1v) is 10.8. The Hall–Kier alpha value is -2.15. The fourth-order valence-electron chi connectivity index (χ4n) is 3.14. The number of quaternary nitrogens is 1. The summed E-state index contributed by atoms with van der Waals surface area (Å²) in [5.41, 5.74) is 2.05. The van der Waals surface area contributed by atoms with E-state index in [2.05, 4.69) is 26.5 Å². The number of para-hydroxylation sites is 1. The molecule has 1 heterocycles. The largest absolute Gasteiger partial charge is 0.506 e. The molecule has 0 aliphatic carbocycles. The summed E-state index contributed by atoms with van der Waals surface area (Å²) in [7, 11) is 0. The molecule has 0 saturated heterocycles. The highest BCUT2D eigenvalue weighted by Crippen LogP contribution is 2.33. The lowest BCUT2D eigenvalue weighted by Crippen LogP contribution is -3.13. The molecule has 146 valence electrons. The third-order valence-corrected chi connectivity index (χ3v) is 6.57. The molecule has 1 atom stereocenters. The number of pyridine rings is 1. The van der Waals surface area contributed by atoms with E-state index in [0.29, 0.717) is 10.6 Å². The van der Waals surface area contributed by atoms with Crippen molar-refractivity contribution in [1.82, 2.24) is 4.57 Å². The topological polar surface area (TPSA) is 46.7 Å². The minimum absolute atomic E-state index is 0.00774. The van der Waals surface area contributed by atoms with Gasteiger partial charge in [0, 0.05) is 11.8 Å². The van der Waals surface area contributed by atoms with Gasteiger partial charge in [0.2, 0.25) is 0 Å². The number of benzene rings is 2. The van der Waals surface area contributed by atoms with Crippen LogP contribution in [0.5, 0.6) is 5.75 Å². The standard InChI is InChI=1S/C22H24N2O2S2/c1-3-23(4-2)22(27)28-20-19(25)15-18(16-11-7-5-8-12-16)24(21(20)26)17-13-9-6-10-14-17/h5-15,22,25,27H,3-4H2,1-2H3/p+1/t22-/m1/s1. The molecule has 0 unspecified atom stereocenters. The zero-order chi connectivity index (χ0) is 20.1. The number of thioether (sulfide) groups is 1. The maximum atomic E-state index is 13.5. The van der Waals surface area contributed by atoms with E-state index in [1.54, 1.807) is 10.6 Å². The van der Waals surface area contributed by atoms with Gasteiger partial charge < -0.3 is 10.0 Å². The molecule has 2 N–H and O–H groups in total. The number of nitrogens with one attached hydrogen (secondary N) is 1. The highest BCUT2D eigenvalue weighted by Gasteiger charge is 2.23. The lowest BCUT2D eigenvalue weighted by atomic mass is 10.1. The Morgan fingerprint density at radius 1 is 1.04 bits per heavy atom. The van der Waals surface area contributed by atoms with Gasteiger partial charge >= 0.3 is 0 Å². The zero-order valence-corrected chi connectivity index (χ0v) is 17.7. The van der Waals surface area contributed by atoms with E-state index in [9.17, 15) is 9.90 Å². The van der Waals surface area contributed by atoms with Crippen LogP contribution in [0.4, 0.5) is 0 Å². The molecule has 1 aromatic heterocycles. The van der Waals surface area contributed by atoms with E-state index < -0.39 is 0 Å². The predicted molar refractivity (Wildman–Crippen MR) is 120 cm³/mol. The molecule has 0 radical (unpaired) electrons. The maximum absolute atomic E-state index is 13.5. The molecule has 6 heteroatoms. The third kappa shape index (κ3) is 4.29. The lowest BCUT2D eigenvalue weighted by Gasteiger charge is -2.23. The molecule has 4 nitrogen and oxygen atoms in total. The number of aromatic hydroxyl groups is 1. The highest BCUT2D eigenvalue weighted by molar-refractivity contribution is 8.10. The summed E-state index contributed by atoms with van der Waals surface area (Å²) in [6, 6.07) is 20.8. The minimum atomic E-state index is -0.236. The first kappa shape index (κ1) is 20.6.